The molecule has 1 unspecified atom stereocenters. The first-order chi connectivity index (χ1) is 13.7. The fourth-order valence-corrected chi connectivity index (χ4v) is 4.09. The minimum atomic E-state index is -0.309. The third kappa shape index (κ3) is 5.69. The van der Waals surface area contributed by atoms with Crippen LogP contribution in [0.2, 0.25) is 0 Å². The molecule has 2 rings (SSSR count). The Morgan fingerprint density at radius 1 is 1.07 bits per heavy atom. The molecule has 0 aromatic rings. The summed E-state index contributed by atoms with van der Waals surface area (Å²) in [5.74, 6) is -0.504. The van der Waals surface area contributed by atoms with Gasteiger partial charge in [-0.25, -0.2) is 0 Å². The second-order valence-corrected chi connectivity index (χ2v) is 8.82. The predicted octanol–water partition coefficient (Wildman–Crippen LogP) is 1.53. The molecular formula is C21H31N5O3. The summed E-state index contributed by atoms with van der Waals surface area (Å²) in [6.07, 6.45) is 1.89. The summed E-state index contributed by atoms with van der Waals surface area (Å²) in [4.78, 5) is 43.1. The van der Waals surface area contributed by atoms with E-state index in [9.17, 15) is 14.4 Å². The number of likely N-dealkylation sites (tertiary alicyclic amines) is 2. The molecule has 1 atom stereocenters. The lowest BCUT2D eigenvalue weighted by Gasteiger charge is -2.35. The molecule has 8 heteroatoms. The van der Waals surface area contributed by atoms with Crippen molar-refractivity contribution in [2.24, 2.45) is 11.8 Å². The van der Waals surface area contributed by atoms with Crippen molar-refractivity contribution in [2.45, 2.75) is 58.4 Å². The van der Waals surface area contributed by atoms with E-state index in [-0.39, 0.29) is 54.4 Å². The molecule has 0 bridgehead atoms. The van der Waals surface area contributed by atoms with Gasteiger partial charge in [-0.1, -0.05) is 0 Å². The second kappa shape index (κ2) is 9.73. The topological polar surface area (TPSA) is 109 Å². The SMILES string of the molecule is CC(C)(C)N1CC(C(=O)N2CCC(C(=O)N(CCC#N)CCC#N)CC2)CC1=O. The van der Waals surface area contributed by atoms with Gasteiger partial charge in [0, 0.05) is 50.6 Å². The summed E-state index contributed by atoms with van der Waals surface area (Å²) >= 11 is 0. The molecule has 0 aliphatic carbocycles. The van der Waals surface area contributed by atoms with Crippen LogP contribution in [0.1, 0.15) is 52.9 Å². The Balaban J connectivity index is 1.90. The van der Waals surface area contributed by atoms with Crippen molar-refractivity contribution in [2.75, 3.05) is 32.7 Å². The number of nitriles is 2. The van der Waals surface area contributed by atoms with Gasteiger partial charge in [-0.05, 0) is 33.6 Å². The minimum absolute atomic E-state index is 0.00168. The molecule has 2 saturated heterocycles. The van der Waals surface area contributed by atoms with Gasteiger partial charge in [0.2, 0.25) is 17.7 Å². The van der Waals surface area contributed by atoms with E-state index >= 15 is 0 Å². The zero-order valence-corrected chi connectivity index (χ0v) is 17.7. The molecule has 0 spiro atoms. The Morgan fingerprint density at radius 2 is 1.62 bits per heavy atom. The second-order valence-electron chi connectivity index (χ2n) is 8.82. The number of rotatable bonds is 6. The average molecular weight is 402 g/mol. The first-order valence-corrected chi connectivity index (χ1v) is 10.3. The van der Waals surface area contributed by atoms with Crippen molar-refractivity contribution < 1.29 is 14.4 Å². The molecule has 0 aromatic carbocycles. The molecule has 0 saturated carbocycles. The maximum atomic E-state index is 12.9. The van der Waals surface area contributed by atoms with Crippen LogP contribution in [0, 0.1) is 34.5 Å². The molecule has 3 amide bonds. The van der Waals surface area contributed by atoms with Gasteiger partial charge < -0.3 is 14.7 Å². The van der Waals surface area contributed by atoms with E-state index < -0.39 is 0 Å². The van der Waals surface area contributed by atoms with Gasteiger partial charge in [0.15, 0.2) is 0 Å². The Kier molecular flexibility index (Phi) is 7.61. The Labute approximate surface area is 173 Å². The van der Waals surface area contributed by atoms with Crippen molar-refractivity contribution >= 4 is 17.7 Å². The van der Waals surface area contributed by atoms with Gasteiger partial charge in [-0.3, -0.25) is 14.4 Å². The first-order valence-electron chi connectivity index (χ1n) is 10.3. The van der Waals surface area contributed by atoms with Crippen molar-refractivity contribution in [3.8, 4) is 12.1 Å². The van der Waals surface area contributed by atoms with E-state index in [1.807, 2.05) is 32.9 Å². The lowest BCUT2D eigenvalue weighted by molar-refractivity contribution is -0.142. The summed E-state index contributed by atoms with van der Waals surface area (Å²) in [5.41, 5.74) is -0.290. The van der Waals surface area contributed by atoms with Gasteiger partial charge in [0.25, 0.3) is 0 Å². The fourth-order valence-electron chi connectivity index (χ4n) is 4.09. The maximum Gasteiger partial charge on any atom is 0.227 e. The van der Waals surface area contributed by atoms with Crippen LogP contribution in [-0.4, -0.2) is 70.7 Å². The molecule has 2 aliphatic heterocycles. The first kappa shape index (κ1) is 22.7. The van der Waals surface area contributed by atoms with E-state index in [0.29, 0.717) is 45.6 Å². The summed E-state index contributed by atoms with van der Waals surface area (Å²) in [5, 5.41) is 17.6. The zero-order valence-electron chi connectivity index (χ0n) is 17.7. The van der Waals surface area contributed by atoms with Crippen molar-refractivity contribution in [1.29, 1.82) is 10.5 Å². The number of amides is 3. The van der Waals surface area contributed by atoms with Crippen LogP contribution in [0.3, 0.4) is 0 Å². The van der Waals surface area contributed by atoms with Crippen LogP contribution < -0.4 is 0 Å². The molecule has 158 valence electrons. The Morgan fingerprint density at radius 3 is 2.07 bits per heavy atom. The van der Waals surface area contributed by atoms with Crippen LogP contribution in [0.4, 0.5) is 0 Å². The van der Waals surface area contributed by atoms with Gasteiger partial charge in [-0.2, -0.15) is 10.5 Å². The third-order valence-corrected chi connectivity index (χ3v) is 5.74. The van der Waals surface area contributed by atoms with E-state index in [2.05, 4.69) is 0 Å². The smallest absolute Gasteiger partial charge is 0.227 e. The van der Waals surface area contributed by atoms with Crippen molar-refractivity contribution in [1.82, 2.24) is 14.7 Å². The van der Waals surface area contributed by atoms with E-state index in [4.69, 9.17) is 10.5 Å². The maximum absolute atomic E-state index is 12.9. The Hall–Kier alpha value is -2.61. The highest BCUT2D eigenvalue weighted by Gasteiger charge is 2.41. The highest BCUT2D eigenvalue weighted by molar-refractivity contribution is 5.90. The molecule has 2 fully saturated rings. The quantitative estimate of drug-likeness (QED) is 0.670. The summed E-state index contributed by atoms with van der Waals surface area (Å²) in [6.45, 7) is 8.04. The largest absolute Gasteiger partial charge is 0.342 e. The Bertz CT molecular complexity index is 689. The summed E-state index contributed by atoms with van der Waals surface area (Å²) in [7, 11) is 0. The highest BCUT2D eigenvalue weighted by Crippen LogP contribution is 2.29. The summed E-state index contributed by atoms with van der Waals surface area (Å²) < 4.78 is 0. The highest BCUT2D eigenvalue weighted by atomic mass is 16.2. The lowest BCUT2D eigenvalue weighted by atomic mass is 9.93. The summed E-state index contributed by atoms with van der Waals surface area (Å²) in [6, 6.07) is 4.08. The van der Waals surface area contributed by atoms with Crippen molar-refractivity contribution in [3.63, 3.8) is 0 Å². The molecule has 2 aliphatic rings. The minimum Gasteiger partial charge on any atom is -0.342 e. The molecule has 2 heterocycles. The normalized spacial score (nSPS) is 20.3. The third-order valence-electron chi connectivity index (χ3n) is 5.74. The van der Waals surface area contributed by atoms with Gasteiger partial charge in [0.1, 0.15) is 0 Å². The standard InChI is InChI=1S/C21H31N5O3/c1-21(2,3)26-15-17(14-18(26)27)20(29)25-12-6-16(7-13-25)19(28)24(10-4-8-22)11-5-9-23/h16-17H,4-7,10-15H2,1-3H3. The van der Waals surface area contributed by atoms with E-state index in [1.165, 1.54) is 0 Å². The number of piperidine rings is 1. The average Bonchev–Trinajstić information content (AvgIpc) is 3.09. The molecular weight excluding hydrogens is 370 g/mol. The molecule has 0 N–H and O–H groups in total. The van der Waals surface area contributed by atoms with Crippen LogP contribution >= 0.6 is 0 Å². The molecule has 29 heavy (non-hydrogen) atoms. The molecule has 0 radical (unpaired) electrons. The van der Waals surface area contributed by atoms with E-state index in [1.54, 1.807) is 14.7 Å². The van der Waals surface area contributed by atoms with Crippen LogP contribution in [0.15, 0.2) is 0 Å². The number of carbonyl (C=O) groups is 3. The fraction of sp³-hybridized carbons (Fsp3) is 0.762. The molecule has 8 nitrogen and oxygen atoms in total. The lowest BCUT2D eigenvalue weighted by Crippen LogP contribution is -2.47. The van der Waals surface area contributed by atoms with Crippen molar-refractivity contribution in [3.05, 3.63) is 0 Å². The zero-order chi connectivity index (χ0) is 21.6. The van der Waals surface area contributed by atoms with Gasteiger partial charge >= 0.3 is 0 Å². The predicted molar refractivity (Wildman–Crippen MR) is 106 cm³/mol. The number of hydrogen-bond donors (Lipinski definition) is 0. The van der Waals surface area contributed by atoms with Crippen LogP contribution in [0.5, 0.6) is 0 Å². The van der Waals surface area contributed by atoms with Gasteiger partial charge in [0.05, 0.1) is 30.9 Å². The molecule has 0 aromatic heterocycles. The van der Waals surface area contributed by atoms with Crippen LogP contribution in [0.25, 0.3) is 0 Å². The number of carbonyl (C=O) groups excluding carboxylic acids is 3. The number of hydrogen-bond acceptors (Lipinski definition) is 5. The van der Waals surface area contributed by atoms with E-state index in [0.717, 1.165) is 0 Å². The van der Waals surface area contributed by atoms with Gasteiger partial charge in [-0.15, -0.1) is 0 Å². The van der Waals surface area contributed by atoms with Crippen LogP contribution in [-0.2, 0) is 14.4 Å². The monoisotopic (exact) mass is 401 g/mol. The number of nitrogens with zero attached hydrogens (tertiary/aromatic N) is 5.